The summed E-state index contributed by atoms with van der Waals surface area (Å²) < 4.78 is 1.34. The minimum absolute atomic E-state index is 1.14. The molecule has 1 aromatic heterocycles. The van der Waals surface area contributed by atoms with Crippen molar-refractivity contribution in [1.29, 1.82) is 0 Å². The van der Waals surface area contributed by atoms with Crippen molar-refractivity contribution < 1.29 is 0 Å². The van der Waals surface area contributed by atoms with Crippen LogP contribution in [0.25, 0.3) is 10.1 Å². The van der Waals surface area contributed by atoms with E-state index in [2.05, 4.69) is 44.0 Å². The topological polar surface area (TPSA) is 0 Å². The summed E-state index contributed by atoms with van der Waals surface area (Å²) >= 11 is 8.14. The van der Waals surface area contributed by atoms with Crippen LogP contribution in [0.3, 0.4) is 0 Å². The molecule has 0 atom stereocenters. The van der Waals surface area contributed by atoms with Crippen molar-refractivity contribution in [3.63, 3.8) is 0 Å². The SMILES string of the molecule is CSc1cccc2sc(C)c(S)c12. The van der Waals surface area contributed by atoms with Crippen molar-refractivity contribution in [2.75, 3.05) is 6.26 Å². The maximum absolute atomic E-state index is 4.54. The van der Waals surface area contributed by atoms with Crippen LogP contribution in [0.5, 0.6) is 0 Å². The number of benzene rings is 1. The molecule has 1 heterocycles. The van der Waals surface area contributed by atoms with Crippen LogP contribution in [0.2, 0.25) is 0 Å². The van der Waals surface area contributed by atoms with Gasteiger partial charge in [0.05, 0.1) is 0 Å². The third-order valence-corrected chi connectivity index (χ3v) is 4.60. The standard InChI is InChI=1S/C10H10S3/c1-6-10(11)9-7(12-2)4-3-5-8(9)13-6/h3-5,11H,1-2H3. The summed E-state index contributed by atoms with van der Waals surface area (Å²) in [5.41, 5.74) is 0. The zero-order valence-electron chi connectivity index (χ0n) is 7.50. The highest BCUT2D eigenvalue weighted by Crippen LogP contribution is 2.38. The Morgan fingerprint density at radius 2 is 2.15 bits per heavy atom. The minimum Gasteiger partial charge on any atom is -0.142 e. The Labute approximate surface area is 91.8 Å². The summed E-state index contributed by atoms with van der Waals surface area (Å²) in [4.78, 5) is 3.77. The first-order valence-corrected chi connectivity index (χ1v) is 6.48. The summed E-state index contributed by atoms with van der Waals surface area (Å²) in [5, 5.41) is 1.32. The van der Waals surface area contributed by atoms with Gasteiger partial charge in [-0.15, -0.1) is 35.7 Å². The predicted molar refractivity (Wildman–Crippen MR) is 65.6 cm³/mol. The fourth-order valence-corrected chi connectivity index (χ4v) is 3.60. The summed E-state index contributed by atoms with van der Waals surface area (Å²) in [6, 6.07) is 6.42. The van der Waals surface area contributed by atoms with Gasteiger partial charge in [0.2, 0.25) is 0 Å². The van der Waals surface area contributed by atoms with Crippen molar-refractivity contribution >= 4 is 45.8 Å². The van der Waals surface area contributed by atoms with Crippen LogP contribution in [-0.4, -0.2) is 6.26 Å². The summed E-state index contributed by atoms with van der Waals surface area (Å²) in [6.45, 7) is 2.12. The molecule has 0 radical (unpaired) electrons. The Balaban J connectivity index is 2.87. The van der Waals surface area contributed by atoms with Crippen LogP contribution in [-0.2, 0) is 0 Å². The van der Waals surface area contributed by atoms with E-state index in [1.165, 1.54) is 19.9 Å². The Hall–Kier alpha value is -0.120. The third-order valence-electron chi connectivity index (χ3n) is 2.04. The molecule has 68 valence electrons. The van der Waals surface area contributed by atoms with E-state index >= 15 is 0 Å². The molecule has 0 nitrogen and oxygen atoms in total. The van der Waals surface area contributed by atoms with Gasteiger partial charge in [-0.2, -0.15) is 0 Å². The molecule has 2 aromatic rings. The van der Waals surface area contributed by atoms with E-state index in [0.717, 1.165) is 4.90 Å². The van der Waals surface area contributed by atoms with Crippen LogP contribution in [0.15, 0.2) is 28.0 Å². The minimum atomic E-state index is 1.14. The highest BCUT2D eigenvalue weighted by Gasteiger charge is 2.08. The fourth-order valence-electron chi connectivity index (χ4n) is 1.39. The summed E-state index contributed by atoms with van der Waals surface area (Å²) in [7, 11) is 0. The molecule has 0 fully saturated rings. The summed E-state index contributed by atoms with van der Waals surface area (Å²) in [5.74, 6) is 0. The maximum Gasteiger partial charge on any atom is 0.0368 e. The lowest BCUT2D eigenvalue weighted by atomic mass is 10.2. The summed E-state index contributed by atoms with van der Waals surface area (Å²) in [6.07, 6.45) is 2.11. The average molecular weight is 226 g/mol. The zero-order chi connectivity index (χ0) is 9.42. The second-order valence-corrected chi connectivity index (χ2v) is 5.39. The van der Waals surface area contributed by atoms with Gasteiger partial charge in [0.15, 0.2) is 0 Å². The van der Waals surface area contributed by atoms with Gasteiger partial charge in [0.1, 0.15) is 0 Å². The van der Waals surface area contributed by atoms with E-state index in [4.69, 9.17) is 0 Å². The Kier molecular flexibility index (Phi) is 2.58. The lowest BCUT2D eigenvalue weighted by molar-refractivity contribution is 1.43. The molecule has 0 aliphatic heterocycles. The maximum atomic E-state index is 4.54. The van der Waals surface area contributed by atoms with E-state index in [1.54, 1.807) is 11.8 Å². The van der Waals surface area contributed by atoms with E-state index < -0.39 is 0 Å². The van der Waals surface area contributed by atoms with Crippen molar-refractivity contribution in [2.24, 2.45) is 0 Å². The first kappa shape index (κ1) is 9.44. The molecule has 0 aliphatic carbocycles. The highest BCUT2D eigenvalue weighted by molar-refractivity contribution is 7.98. The van der Waals surface area contributed by atoms with Gasteiger partial charge in [-0.05, 0) is 25.3 Å². The van der Waals surface area contributed by atoms with Gasteiger partial charge < -0.3 is 0 Å². The molecule has 0 amide bonds. The van der Waals surface area contributed by atoms with Gasteiger partial charge in [-0.3, -0.25) is 0 Å². The molecule has 0 spiro atoms. The number of thiol groups is 1. The zero-order valence-corrected chi connectivity index (χ0v) is 10.0. The molecule has 3 heteroatoms. The molecule has 0 saturated heterocycles. The second-order valence-electron chi connectivity index (χ2n) is 2.84. The van der Waals surface area contributed by atoms with E-state index in [0.29, 0.717) is 0 Å². The molecule has 1 aromatic carbocycles. The van der Waals surface area contributed by atoms with Crippen molar-refractivity contribution in [3.8, 4) is 0 Å². The fraction of sp³-hybridized carbons (Fsp3) is 0.200. The molecule has 0 aliphatic rings. The lowest BCUT2D eigenvalue weighted by Gasteiger charge is -1.98. The average Bonchev–Trinajstić information content (AvgIpc) is 2.43. The number of fused-ring (bicyclic) bond motifs is 1. The monoisotopic (exact) mass is 226 g/mol. The molecule has 0 saturated carbocycles. The van der Waals surface area contributed by atoms with Crippen molar-refractivity contribution in [3.05, 3.63) is 23.1 Å². The predicted octanol–water partition coefficient (Wildman–Crippen LogP) is 4.22. The Bertz CT molecular complexity index is 443. The van der Waals surface area contributed by atoms with Gasteiger partial charge >= 0.3 is 0 Å². The van der Waals surface area contributed by atoms with Crippen LogP contribution >= 0.6 is 35.7 Å². The van der Waals surface area contributed by atoms with Crippen LogP contribution < -0.4 is 0 Å². The Morgan fingerprint density at radius 1 is 1.38 bits per heavy atom. The lowest BCUT2D eigenvalue weighted by Crippen LogP contribution is -1.72. The van der Waals surface area contributed by atoms with Gasteiger partial charge in [-0.1, -0.05) is 6.07 Å². The van der Waals surface area contributed by atoms with E-state index in [1.807, 2.05) is 11.3 Å². The molecule has 0 bridgehead atoms. The molecule has 0 unspecified atom stereocenters. The van der Waals surface area contributed by atoms with Crippen molar-refractivity contribution in [1.82, 2.24) is 0 Å². The number of thioether (sulfide) groups is 1. The molecular formula is C10H10S3. The first-order chi connectivity index (χ1) is 6.24. The van der Waals surface area contributed by atoms with Gasteiger partial charge in [0, 0.05) is 24.8 Å². The normalized spacial score (nSPS) is 11.0. The van der Waals surface area contributed by atoms with E-state index in [9.17, 15) is 0 Å². The molecular weight excluding hydrogens is 216 g/mol. The number of hydrogen-bond acceptors (Lipinski definition) is 3. The van der Waals surface area contributed by atoms with Crippen LogP contribution in [0.1, 0.15) is 4.88 Å². The van der Waals surface area contributed by atoms with Gasteiger partial charge in [-0.25, -0.2) is 0 Å². The molecule has 13 heavy (non-hydrogen) atoms. The largest absolute Gasteiger partial charge is 0.142 e. The molecule has 2 rings (SSSR count). The number of hydrogen-bond donors (Lipinski definition) is 1. The van der Waals surface area contributed by atoms with Crippen molar-refractivity contribution in [2.45, 2.75) is 16.7 Å². The highest BCUT2D eigenvalue weighted by atomic mass is 32.2. The molecule has 0 N–H and O–H groups in total. The number of aryl methyl sites for hydroxylation is 1. The van der Waals surface area contributed by atoms with Crippen LogP contribution in [0.4, 0.5) is 0 Å². The van der Waals surface area contributed by atoms with Crippen LogP contribution in [0, 0.1) is 6.92 Å². The van der Waals surface area contributed by atoms with Gasteiger partial charge in [0.25, 0.3) is 0 Å². The number of thiophene rings is 1. The van der Waals surface area contributed by atoms with E-state index in [-0.39, 0.29) is 0 Å². The number of rotatable bonds is 1. The Morgan fingerprint density at radius 3 is 2.85 bits per heavy atom. The first-order valence-electron chi connectivity index (χ1n) is 3.99. The third kappa shape index (κ3) is 1.49. The quantitative estimate of drug-likeness (QED) is 0.561. The smallest absolute Gasteiger partial charge is 0.0368 e. The second kappa shape index (κ2) is 3.56.